The molecule has 0 bridgehead atoms. The van der Waals surface area contributed by atoms with Gasteiger partial charge in [-0.25, -0.2) is 4.79 Å². The number of aryl methyl sites for hydroxylation is 1. The Kier molecular flexibility index (Phi) is 6.75. The molecule has 0 radical (unpaired) electrons. The van der Waals surface area contributed by atoms with Gasteiger partial charge in [-0.1, -0.05) is 35.9 Å². The zero-order valence-corrected chi connectivity index (χ0v) is 20.5. The summed E-state index contributed by atoms with van der Waals surface area (Å²) in [5.74, 6) is -0.304. The fourth-order valence-corrected chi connectivity index (χ4v) is 4.52. The average molecular weight is 497 g/mol. The molecule has 0 fully saturated rings. The molecule has 2 heterocycles. The minimum Gasteiger partial charge on any atom is -0.493 e. The number of carbonyl (C=O) groups is 1. The number of carbonyl (C=O) groups excluding carboxylic acids is 1. The van der Waals surface area contributed by atoms with Crippen molar-refractivity contribution in [3.63, 3.8) is 0 Å². The second kappa shape index (κ2) is 9.76. The van der Waals surface area contributed by atoms with Gasteiger partial charge in [-0.15, -0.1) is 0 Å². The smallest absolute Gasteiger partial charge is 0.340 e. The summed E-state index contributed by atoms with van der Waals surface area (Å²) in [6.45, 7) is 2.05. The molecule has 1 atom stereocenters. The van der Waals surface area contributed by atoms with E-state index >= 15 is 0 Å². The van der Waals surface area contributed by atoms with Gasteiger partial charge in [0.05, 0.1) is 39.4 Å². The summed E-state index contributed by atoms with van der Waals surface area (Å²) in [5.41, 5.74) is 8.09. The van der Waals surface area contributed by atoms with E-state index < -0.39 is 11.9 Å². The molecule has 1 aliphatic heterocycles. The fraction of sp³-hybridized carbons (Fsp3) is 0.231. The first-order valence-corrected chi connectivity index (χ1v) is 11.1. The number of ether oxygens (including phenoxy) is 4. The highest BCUT2D eigenvalue weighted by molar-refractivity contribution is 6.31. The first-order chi connectivity index (χ1) is 16.8. The zero-order valence-electron chi connectivity index (χ0n) is 19.8. The van der Waals surface area contributed by atoms with E-state index in [-0.39, 0.29) is 34.9 Å². The normalized spacial score (nSPS) is 14.7. The van der Waals surface area contributed by atoms with Gasteiger partial charge in [-0.3, -0.25) is 4.79 Å². The number of methoxy groups -OCH3 is 3. The van der Waals surface area contributed by atoms with Crippen molar-refractivity contribution in [1.82, 2.24) is 4.57 Å². The van der Waals surface area contributed by atoms with Crippen molar-refractivity contribution in [3.8, 4) is 17.2 Å². The Morgan fingerprint density at radius 2 is 1.80 bits per heavy atom. The van der Waals surface area contributed by atoms with E-state index in [2.05, 4.69) is 0 Å². The molecule has 182 valence electrons. The number of benzene rings is 2. The molecule has 0 unspecified atom stereocenters. The summed E-state index contributed by atoms with van der Waals surface area (Å²) in [6, 6.07) is 14.1. The molecule has 2 N–H and O–H groups in total. The van der Waals surface area contributed by atoms with Gasteiger partial charge in [0.1, 0.15) is 11.3 Å². The molecule has 0 spiro atoms. The van der Waals surface area contributed by atoms with Crippen LogP contribution in [0, 0.1) is 6.92 Å². The number of esters is 1. The molecular weight excluding hydrogens is 472 g/mol. The highest BCUT2D eigenvalue weighted by Crippen LogP contribution is 2.43. The summed E-state index contributed by atoms with van der Waals surface area (Å²) < 4.78 is 23.0. The molecule has 0 saturated carbocycles. The van der Waals surface area contributed by atoms with Crippen LogP contribution in [0.25, 0.3) is 0 Å². The van der Waals surface area contributed by atoms with Crippen molar-refractivity contribution in [2.45, 2.75) is 19.4 Å². The van der Waals surface area contributed by atoms with E-state index in [4.69, 9.17) is 36.3 Å². The average Bonchev–Trinajstić information content (AvgIpc) is 2.85. The second-order valence-electron chi connectivity index (χ2n) is 7.97. The van der Waals surface area contributed by atoms with E-state index in [1.807, 2.05) is 12.1 Å². The van der Waals surface area contributed by atoms with Crippen LogP contribution in [0.5, 0.6) is 17.2 Å². The zero-order chi connectivity index (χ0) is 25.3. The molecule has 4 rings (SSSR count). The summed E-state index contributed by atoms with van der Waals surface area (Å²) in [5, 5.41) is 0.381. The molecule has 1 aliphatic rings. The number of nitrogens with zero attached hydrogens (tertiary/aromatic N) is 1. The van der Waals surface area contributed by atoms with Gasteiger partial charge in [-0.05, 0) is 36.2 Å². The minimum absolute atomic E-state index is 0.0201. The molecule has 0 amide bonds. The Hall–Kier alpha value is -3.91. The van der Waals surface area contributed by atoms with Crippen LogP contribution in [0.4, 0.5) is 0 Å². The largest absolute Gasteiger partial charge is 0.493 e. The number of aromatic nitrogens is 1. The van der Waals surface area contributed by atoms with Crippen LogP contribution in [0.15, 0.2) is 64.8 Å². The van der Waals surface area contributed by atoms with Gasteiger partial charge in [0.15, 0.2) is 11.5 Å². The minimum atomic E-state index is -0.871. The van der Waals surface area contributed by atoms with E-state index in [9.17, 15) is 9.59 Å². The van der Waals surface area contributed by atoms with Crippen LogP contribution >= 0.6 is 11.6 Å². The predicted octanol–water partition coefficient (Wildman–Crippen LogP) is 3.74. The number of hydrogen-bond acceptors (Lipinski definition) is 7. The second-order valence-corrected chi connectivity index (χ2v) is 8.38. The maximum Gasteiger partial charge on any atom is 0.340 e. The lowest BCUT2D eigenvalue weighted by molar-refractivity contribution is -0.136. The first kappa shape index (κ1) is 24.2. The molecule has 0 aliphatic carbocycles. The van der Waals surface area contributed by atoms with Gasteiger partial charge < -0.3 is 29.2 Å². The van der Waals surface area contributed by atoms with Crippen molar-refractivity contribution in [2.75, 3.05) is 21.3 Å². The maximum atomic E-state index is 13.9. The lowest BCUT2D eigenvalue weighted by Gasteiger charge is -2.29. The van der Waals surface area contributed by atoms with Crippen molar-refractivity contribution in [1.29, 1.82) is 0 Å². The molecule has 0 saturated heterocycles. The number of hydrogen-bond donors (Lipinski definition) is 1. The van der Waals surface area contributed by atoms with E-state index in [1.165, 1.54) is 7.11 Å². The van der Waals surface area contributed by atoms with Gasteiger partial charge in [0.25, 0.3) is 5.56 Å². The van der Waals surface area contributed by atoms with Gasteiger partial charge in [0, 0.05) is 16.8 Å². The Morgan fingerprint density at radius 3 is 2.46 bits per heavy atom. The first-order valence-electron chi connectivity index (χ1n) is 10.8. The molecule has 8 nitrogen and oxygen atoms in total. The highest BCUT2D eigenvalue weighted by atomic mass is 35.5. The van der Waals surface area contributed by atoms with Gasteiger partial charge >= 0.3 is 5.97 Å². The molecular formula is C26H25ClN2O6. The third-order valence-corrected chi connectivity index (χ3v) is 6.32. The van der Waals surface area contributed by atoms with E-state index in [0.29, 0.717) is 27.8 Å². The van der Waals surface area contributed by atoms with Gasteiger partial charge in [0.2, 0.25) is 5.88 Å². The SMILES string of the molecule is COC(=O)C1=C(N)Oc2cc(C)n(Cc3ccc(OC)c(OC)c3)c(=O)c2[C@H]1c1ccccc1Cl. The maximum absolute atomic E-state index is 13.9. The van der Waals surface area contributed by atoms with Crippen LogP contribution in [0.1, 0.15) is 28.3 Å². The molecule has 1 aromatic heterocycles. The number of fused-ring (bicyclic) bond motifs is 1. The van der Waals surface area contributed by atoms with E-state index in [0.717, 1.165) is 5.56 Å². The van der Waals surface area contributed by atoms with Crippen LogP contribution in [-0.2, 0) is 16.1 Å². The Morgan fingerprint density at radius 1 is 1.09 bits per heavy atom. The fourth-order valence-electron chi connectivity index (χ4n) is 4.27. The van der Waals surface area contributed by atoms with Crippen LogP contribution < -0.4 is 25.5 Å². The summed E-state index contributed by atoms with van der Waals surface area (Å²) >= 11 is 6.51. The van der Waals surface area contributed by atoms with Crippen molar-refractivity contribution in [2.24, 2.45) is 5.73 Å². The monoisotopic (exact) mass is 496 g/mol. The van der Waals surface area contributed by atoms with Crippen LogP contribution in [0.3, 0.4) is 0 Å². The number of halogens is 1. The van der Waals surface area contributed by atoms with Crippen molar-refractivity contribution < 1.29 is 23.7 Å². The lowest BCUT2D eigenvalue weighted by atomic mass is 9.83. The van der Waals surface area contributed by atoms with Crippen LogP contribution in [0.2, 0.25) is 5.02 Å². The summed E-state index contributed by atoms with van der Waals surface area (Å²) in [4.78, 5) is 26.7. The third kappa shape index (κ3) is 4.33. The highest BCUT2D eigenvalue weighted by Gasteiger charge is 2.39. The predicted molar refractivity (Wildman–Crippen MR) is 131 cm³/mol. The lowest BCUT2D eigenvalue weighted by Crippen LogP contribution is -2.35. The Bertz CT molecular complexity index is 1400. The number of nitrogens with two attached hydrogens (primary N) is 1. The van der Waals surface area contributed by atoms with Gasteiger partial charge in [-0.2, -0.15) is 0 Å². The van der Waals surface area contributed by atoms with Crippen LogP contribution in [-0.4, -0.2) is 31.9 Å². The third-order valence-electron chi connectivity index (χ3n) is 5.98. The van der Waals surface area contributed by atoms with Crippen molar-refractivity contribution >= 4 is 17.6 Å². The molecule has 2 aromatic carbocycles. The standard InChI is InChI=1S/C26H25ClN2O6/c1-14-11-20-22(25(30)29(14)13-15-9-10-18(32-2)19(12-15)33-3)21(16-7-5-6-8-17(16)27)23(24(28)35-20)26(31)34-4/h5-12,21H,13,28H2,1-4H3/t21-/m1/s1. The Balaban J connectivity index is 1.92. The summed E-state index contributed by atoms with van der Waals surface area (Å²) in [7, 11) is 4.35. The number of pyridine rings is 1. The molecule has 9 heteroatoms. The number of rotatable bonds is 6. The Labute approximate surface area is 207 Å². The molecule has 3 aromatic rings. The molecule has 35 heavy (non-hydrogen) atoms. The summed E-state index contributed by atoms with van der Waals surface area (Å²) in [6.07, 6.45) is 0. The van der Waals surface area contributed by atoms with E-state index in [1.54, 1.807) is 62.1 Å². The van der Waals surface area contributed by atoms with Crippen molar-refractivity contribution in [3.05, 3.63) is 97.7 Å². The quantitative estimate of drug-likeness (QED) is 0.518. The topological polar surface area (TPSA) is 102 Å².